The zero-order chi connectivity index (χ0) is 15.4. The number of carbonyl (C=O) groups excluding carboxylic acids is 1. The third-order valence-corrected chi connectivity index (χ3v) is 5.14. The molecule has 1 aliphatic heterocycles. The van der Waals surface area contributed by atoms with Crippen LogP contribution in [0.1, 0.15) is 43.7 Å². The molecule has 1 aromatic rings. The van der Waals surface area contributed by atoms with Crippen molar-refractivity contribution in [2.45, 2.75) is 44.2 Å². The molecule has 136 valence electrons. The Morgan fingerprint density at radius 2 is 1.79 bits per heavy atom. The molecule has 2 fully saturated rings. The SMILES string of the molecule is Cl.Cl.NC1CCCC1C(=O)NCC(c1ccccc1)N1CCCC1. The molecule has 0 aromatic heterocycles. The van der Waals surface area contributed by atoms with E-state index in [4.69, 9.17) is 5.73 Å². The van der Waals surface area contributed by atoms with Crippen molar-refractivity contribution < 1.29 is 4.79 Å². The Balaban J connectivity index is 0.00000144. The fraction of sp³-hybridized carbons (Fsp3) is 0.611. The topological polar surface area (TPSA) is 58.4 Å². The van der Waals surface area contributed by atoms with Crippen LogP contribution in [0.3, 0.4) is 0 Å². The lowest BCUT2D eigenvalue weighted by molar-refractivity contribution is -0.125. The summed E-state index contributed by atoms with van der Waals surface area (Å²) in [5, 5.41) is 3.17. The van der Waals surface area contributed by atoms with Gasteiger partial charge in [-0.15, -0.1) is 24.8 Å². The summed E-state index contributed by atoms with van der Waals surface area (Å²) in [7, 11) is 0. The second-order valence-corrected chi connectivity index (χ2v) is 6.62. The van der Waals surface area contributed by atoms with Crippen molar-refractivity contribution in [1.29, 1.82) is 0 Å². The third kappa shape index (κ3) is 5.09. The van der Waals surface area contributed by atoms with Crippen LogP contribution < -0.4 is 11.1 Å². The fourth-order valence-electron chi connectivity index (χ4n) is 3.83. The molecule has 1 amide bonds. The van der Waals surface area contributed by atoms with Crippen molar-refractivity contribution in [3.05, 3.63) is 35.9 Å². The van der Waals surface area contributed by atoms with Gasteiger partial charge in [-0.1, -0.05) is 36.8 Å². The summed E-state index contributed by atoms with van der Waals surface area (Å²) >= 11 is 0. The minimum atomic E-state index is 0. The second kappa shape index (κ2) is 10.2. The van der Waals surface area contributed by atoms with Gasteiger partial charge in [0.25, 0.3) is 0 Å². The number of carbonyl (C=O) groups is 1. The molecule has 4 nitrogen and oxygen atoms in total. The lowest BCUT2D eigenvalue weighted by Gasteiger charge is -2.29. The van der Waals surface area contributed by atoms with Gasteiger partial charge in [0.2, 0.25) is 5.91 Å². The van der Waals surface area contributed by atoms with Crippen molar-refractivity contribution in [3.8, 4) is 0 Å². The van der Waals surface area contributed by atoms with Crippen molar-refractivity contribution in [2.75, 3.05) is 19.6 Å². The van der Waals surface area contributed by atoms with Crippen molar-refractivity contribution in [1.82, 2.24) is 10.2 Å². The Morgan fingerprint density at radius 1 is 1.12 bits per heavy atom. The summed E-state index contributed by atoms with van der Waals surface area (Å²) in [4.78, 5) is 14.9. The number of nitrogens with two attached hydrogens (primary N) is 1. The number of hydrogen-bond acceptors (Lipinski definition) is 3. The van der Waals surface area contributed by atoms with E-state index in [1.807, 2.05) is 6.07 Å². The average Bonchev–Trinajstić information content (AvgIpc) is 3.20. The highest BCUT2D eigenvalue weighted by atomic mass is 35.5. The molecule has 1 aliphatic carbocycles. The zero-order valence-corrected chi connectivity index (χ0v) is 15.7. The molecule has 1 saturated carbocycles. The summed E-state index contributed by atoms with van der Waals surface area (Å²) in [6.45, 7) is 2.93. The fourth-order valence-corrected chi connectivity index (χ4v) is 3.83. The molecular weight excluding hydrogens is 345 g/mol. The molecule has 0 bridgehead atoms. The quantitative estimate of drug-likeness (QED) is 0.833. The lowest BCUT2D eigenvalue weighted by atomic mass is 10.0. The van der Waals surface area contributed by atoms with Crippen LogP contribution in [0, 0.1) is 5.92 Å². The number of amides is 1. The number of halogens is 2. The van der Waals surface area contributed by atoms with E-state index in [1.165, 1.54) is 18.4 Å². The van der Waals surface area contributed by atoms with E-state index in [0.717, 1.165) is 32.4 Å². The van der Waals surface area contributed by atoms with Crippen LogP contribution in [-0.2, 0) is 4.79 Å². The highest BCUT2D eigenvalue weighted by molar-refractivity contribution is 5.85. The second-order valence-electron chi connectivity index (χ2n) is 6.62. The number of benzene rings is 1. The standard InChI is InChI=1S/C18H27N3O.2ClH/c19-16-10-6-9-15(16)18(22)20-13-17(21-11-4-5-12-21)14-7-2-1-3-8-14;;/h1-3,7-8,15-17H,4-6,9-13,19H2,(H,20,22);2*1H. The van der Waals surface area contributed by atoms with Crippen molar-refractivity contribution in [3.63, 3.8) is 0 Å². The Morgan fingerprint density at radius 3 is 2.38 bits per heavy atom. The van der Waals surface area contributed by atoms with Crippen LogP contribution in [-0.4, -0.2) is 36.5 Å². The zero-order valence-electron chi connectivity index (χ0n) is 14.0. The molecule has 3 unspecified atom stereocenters. The van der Waals surface area contributed by atoms with E-state index in [9.17, 15) is 4.79 Å². The van der Waals surface area contributed by atoms with Crippen LogP contribution in [0.4, 0.5) is 0 Å². The largest absolute Gasteiger partial charge is 0.354 e. The third-order valence-electron chi connectivity index (χ3n) is 5.14. The van der Waals surface area contributed by atoms with Crippen LogP contribution >= 0.6 is 24.8 Å². The highest BCUT2D eigenvalue weighted by Gasteiger charge is 2.31. The first-order chi connectivity index (χ1) is 10.8. The highest BCUT2D eigenvalue weighted by Crippen LogP contribution is 2.26. The van der Waals surface area contributed by atoms with Gasteiger partial charge < -0.3 is 11.1 Å². The van der Waals surface area contributed by atoms with Crippen LogP contribution in [0.5, 0.6) is 0 Å². The Bertz CT molecular complexity index is 494. The Kier molecular flexibility index (Phi) is 9.06. The molecule has 24 heavy (non-hydrogen) atoms. The summed E-state index contributed by atoms with van der Waals surface area (Å²) < 4.78 is 0. The van der Waals surface area contributed by atoms with Crippen molar-refractivity contribution >= 4 is 30.7 Å². The minimum absolute atomic E-state index is 0. The van der Waals surface area contributed by atoms with Crippen molar-refractivity contribution in [2.24, 2.45) is 11.7 Å². The maximum Gasteiger partial charge on any atom is 0.224 e. The van der Waals surface area contributed by atoms with Gasteiger partial charge >= 0.3 is 0 Å². The maximum absolute atomic E-state index is 12.4. The van der Waals surface area contributed by atoms with Gasteiger partial charge in [0.05, 0.1) is 12.0 Å². The summed E-state index contributed by atoms with van der Waals surface area (Å²) in [6, 6.07) is 10.8. The van der Waals surface area contributed by atoms with Gasteiger partial charge in [-0.25, -0.2) is 0 Å². The van der Waals surface area contributed by atoms with E-state index in [2.05, 4.69) is 34.5 Å². The molecule has 1 heterocycles. The maximum atomic E-state index is 12.4. The molecule has 2 aliphatic rings. The smallest absolute Gasteiger partial charge is 0.224 e. The molecular formula is C18H29Cl2N3O. The molecule has 3 N–H and O–H groups in total. The van der Waals surface area contributed by atoms with Gasteiger partial charge in [0.1, 0.15) is 0 Å². The first-order valence-corrected chi connectivity index (χ1v) is 8.58. The van der Waals surface area contributed by atoms with Gasteiger partial charge in [0, 0.05) is 12.6 Å². The summed E-state index contributed by atoms with van der Waals surface area (Å²) in [6.07, 6.45) is 5.50. The van der Waals surface area contributed by atoms with Gasteiger partial charge in [-0.3, -0.25) is 9.69 Å². The first-order valence-electron chi connectivity index (χ1n) is 8.58. The van der Waals surface area contributed by atoms with Crippen LogP contribution in [0.25, 0.3) is 0 Å². The molecule has 0 spiro atoms. The molecule has 1 aromatic carbocycles. The Hall–Kier alpha value is -0.810. The van der Waals surface area contributed by atoms with E-state index in [-0.39, 0.29) is 48.7 Å². The van der Waals surface area contributed by atoms with E-state index in [1.54, 1.807) is 0 Å². The normalized spacial score (nSPS) is 24.7. The van der Waals surface area contributed by atoms with E-state index >= 15 is 0 Å². The number of rotatable bonds is 5. The predicted molar refractivity (Wildman–Crippen MR) is 103 cm³/mol. The van der Waals surface area contributed by atoms with Crippen LogP contribution in [0.15, 0.2) is 30.3 Å². The summed E-state index contributed by atoms with van der Waals surface area (Å²) in [5.41, 5.74) is 7.34. The number of nitrogens with one attached hydrogen (secondary N) is 1. The minimum Gasteiger partial charge on any atom is -0.354 e. The molecule has 3 rings (SSSR count). The monoisotopic (exact) mass is 373 g/mol. The van der Waals surface area contributed by atoms with Gasteiger partial charge in [-0.2, -0.15) is 0 Å². The molecule has 3 atom stereocenters. The molecule has 1 saturated heterocycles. The molecule has 6 heteroatoms. The Labute approximate surface area is 157 Å². The van der Waals surface area contributed by atoms with Gasteiger partial charge in [0.15, 0.2) is 0 Å². The van der Waals surface area contributed by atoms with E-state index < -0.39 is 0 Å². The first kappa shape index (κ1) is 21.2. The summed E-state index contributed by atoms with van der Waals surface area (Å²) in [5.74, 6) is 0.153. The predicted octanol–water partition coefficient (Wildman–Crippen LogP) is 2.91. The number of hydrogen-bond donors (Lipinski definition) is 2. The average molecular weight is 374 g/mol. The number of nitrogens with zero attached hydrogens (tertiary/aromatic N) is 1. The molecule has 0 radical (unpaired) electrons. The van der Waals surface area contributed by atoms with Gasteiger partial charge in [-0.05, 0) is 44.3 Å². The van der Waals surface area contributed by atoms with E-state index in [0.29, 0.717) is 6.54 Å². The number of likely N-dealkylation sites (tertiary alicyclic amines) is 1. The van der Waals surface area contributed by atoms with Crippen LogP contribution in [0.2, 0.25) is 0 Å². The lowest BCUT2D eigenvalue weighted by Crippen LogP contribution is -2.42.